The lowest BCUT2D eigenvalue weighted by Gasteiger charge is -2.31. The van der Waals surface area contributed by atoms with Gasteiger partial charge in [-0.15, -0.1) is 0 Å². The molecule has 1 aromatic carbocycles. The SMILES string of the molecule is OC1C=C[C@H]2OCCC[C@@H]2OC1CCCOCc1ccccc1. The van der Waals surface area contributed by atoms with E-state index in [0.717, 1.165) is 32.3 Å². The lowest BCUT2D eigenvalue weighted by molar-refractivity contribution is -0.129. The molecule has 3 rings (SSSR count). The molecule has 1 N–H and O–H groups in total. The minimum atomic E-state index is -0.557. The largest absolute Gasteiger partial charge is 0.386 e. The first-order valence-electron chi connectivity index (χ1n) is 8.58. The van der Waals surface area contributed by atoms with E-state index in [4.69, 9.17) is 14.2 Å². The van der Waals surface area contributed by atoms with Crippen molar-refractivity contribution < 1.29 is 19.3 Å². The molecule has 4 atom stereocenters. The van der Waals surface area contributed by atoms with Gasteiger partial charge in [-0.3, -0.25) is 0 Å². The standard InChI is InChI=1S/C19H26O4/c20-16-10-11-18-19(9-5-13-22-18)23-17(16)8-4-12-21-14-15-6-2-1-3-7-15/h1-3,6-7,10-11,16-20H,4-5,8-9,12-14H2/t16?,17?,18-,19+/m1/s1. The van der Waals surface area contributed by atoms with E-state index in [-0.39, 0.29) is 18.3 Å². The summed E-state index contributed by atoms with van der Waals surface area (Å²) < 4.78 is 17.5. The van der Waals surface area contributed by atoms with Crippen LogP contribution in [-0.2, 0) is 20.8 Å². The third-order valence-electron chi connectivity index (χ3n) is 4.43. The fraction of sp³-hybridized carbons (Fsp3) is 0.579. The van der Waals surface area contributed by atoms with Crippen LogP contribution in [0.3, 0.4) is 0 Å². The first kappa shape index (κ1) is 16.7. The van der Waals surface area contributed by atoms with Gasteiger partial charge in [0.1, 0.15) is 6.10 Å². The second-order valence-electron chi connectivity index (χ2n) is 6.25. The molecule has 4 heteroatoms. The molecule has 1 aromatic rings. The van der Waals surface area contributed by atoms with Crippen LogP contribution >= 0.6 is 0 Å². The predicted octanol–water partition coefficient (Wildman–Crippen LogP) is 2.85. The van der Waals surface area contributed by atoms with E-state index in [1.165, 1.54) is 5.56 Å². The smallest absolute Gasteiger partial charge is 0.102 e. The molecule has 0 radical (unpaired) electrons. The van der Waals surface area contributed by atoms with Crippen LogP contribution in [0.1, 0.15) is 31.2 Å². The number of hydrogen-bond donors (Lipinski definition) is 1. The number of fused-ring (bicyclic) bond motifs is 1. The molecule has 1 fully saturated rings. The maximum absolute atomic E-state index is 10.2. The predicted molar refractivity (Wildman–Crippen MR) is 88.1 cm³/mol. The van der Waals surface area contributed by atoms with Gasteiger partial charge in [-0.25, -0.2) is 0 Å². The Morgan fingerprint density at radius 2 is 2.04 bits per heavy atom. The Kier molecular flexibility index (Phi) is 6.22. The van der Waals surface area contributed by atoms with Crippen LogP contribution in [0, 0.1) is 0 Å². The molecule has 0 aromatic heterocycles. The average Bonchev–Trinajstić information content (AvgIpc) is 2.75. The molecule has 2 aliphatic rings. The van der Waals surface area contributed by atoms with E-state index in [1.54, 1.807) is 0 Å². The van der Waals surface area contributed by atoms with Gasteiger partial charge in [0.15, 0.2) is 0 Å². The van der Waals surface area contributed by atoms with E-state index < -0.39 is 6.10 Å². The number of hydrogen-bond acceptors (Lipinski definition) is 4. The van der Waals surface area contributed by atoms with Crippen LogP contribution in [0.4, 0.5) is 0 Å². The number of ether oxygens (including phenoxy) is 3. The lowest BCUT2D eigenvalue weighted by atomic mass is 10.1. The fourth-order valence-electron chi connectivity index (χ4n) is 3.14. The van der Waals surface area contributed by atoms with Crippen molar-refractivity contribution in [1.29, 1.82) is 0 Å². The van der Waals surface area contributed by atoms with Gasteiger partial charge >= 0.3 is 0 Å². The fourth-order valence-corrected chi connectivity index (χ4v) is 3.14. The van der Waals surface area contributed by atoms with Gasteiger partial charge < -0.3 is 19.3 Å². The average molecular weight is 318 g/mol. The van der Waals surface area contributed by atoms with Crippen molar-refractivity contribution in [3.05, 3.63) is 48.0 Å². The van der Waals surface area contributed by atoms with E-state index in [0.29, 0.717) is 13.2 Å². The van der Waals surface area contributed by atoms with Crippen LogP contribution in [0.5, 0.6) is 0 Å². The van der Waals surface area contributed by atoms with Gasteiger partial charge in [0.2, 0.25) is 0 Å². The molecular weight excluding hydrogens is 292 g/mol. The van der Waals surface area contributed by atoms with Crippen LogP contribution < -0.4 is 0 Å². The summed E-state index contributed by atoms with van der Waals surface area (Å²) >= 11 is 0. The van der Waals surface area contributed by atoms with Crippen molar-refractivity contribution in [3.8, 4) is 0 Å². The van der Waals surface area contributed by atoms with E-state index in [9.17, 15) is 5.11 Å². The first-order valence-corrected chi connectivity index (χ1v) is 8.58. The third-order valence-corrected chi connectivity index (χ3v) is 4.43. The van der Waals surface area contributed by atoms with Crippen molar-refractivity contribution in [3.63, 3.8) is 0 Å². The van der Waals surface area contributed by atoms with E-state index >= 15 is 0 Å². The number of rotatable bonds is 6. The lowest BCUT2D eigenvalue weighted by Crippen LogP contribution is -2.38. The molecule has 1 saturated heterocycles. The molecule has 0 saturated carbocycles. The molecule has 126 valence electrons. The summed E-state index contributed by atoms with van der Waals surface area (Å²) in [6.07, 6.45) is 6.84. The molecule has 2 aliphatic heterocycles. The minimum Gasteiger partial charge on any atom is -0.386 e. The molecule has 2 unspecified atom stereocenters. The Labute approximate surface area is 138 Å². The summed E-state index contributed by atoms with van der Waals surface area (Å²) in [6.45, 7) is 2.09. The summed E-state index contributed by atoms with van der Waals surface area (Å²) in [4.78, 5) is 0. The quantitative estimate of drug-likeness (QED) is 0.647. The summed E-state index contributed by atoms with van der Waals surface area (Å²) in [5, 5.41) is 10.2. The second kappa shape index (κ2) is 8.60. The summed E-state index contributed by atoms with van der Waals surface area (Å²) in [5.74, 6) is 0. The zero-order valence-electron chi connectivity index (χ0n) is 13.5. The minimum absolute atomic E-state index is 0.00210. The maximum Gasteiger partial charge on any atom is 0.102 e. The summed E-state index contributed by atoms with van der Waals surface area (Å²) in [7, 11) is 0. The zero-order valence-corrected chi connectivity index (χ0v) is 13.5. The van der Waals surface area contributed by atoms with Gasteiger partial charge in [-0.1, -0.05) is 42.5 Å². The monoisotopic (exact) mass is 318 g/mol. The molecule has 2 heterocycles. The Bertz CT molecular complexity index is 487. The van der Waals surface area contributed by atoms with Crippen molar-refractivity contribution >= 4 is 0 Å². The Morgan fingerprint density at radius 3 is 2.91 bits per heavy atom. The summed E-state index contributed by atoms with van der Waals surface area (Å²) in [6, 6.07) is 10.2. The van der Waals surface area contributed by atoms with Gasteiger partial charge in [0, 0.05) is 13.2 Å². The Balaban J connectivity index is 1.39. The highest BCUT2D eigenvalue weighted by Gasteiger charge is 2.32. The Morgan fingerprint density at radius 1 is 1.17 bits per heavy atom. The van der Waals surface area contributed by atoms with Crippen molar-refractivity contribution in [2.24, 2.45) is 0 Å². The molecular formula is C19H26O4. The van der Waals surface area contributed by atoms with Crippen molar-refractivity contribution in [1.82, 2.24) is 0 Å². The van der Waals surface area contributed by atoms with Crippen LogP contribution in [0.2, 0.25) is 0 Å². The zero-order chi connectivity index (χ0) is 15.9. The summed E-state index contributed by atoms with van der Waals surface area (Å²) in [5.41, 5.74) is 1.18. The van der Waals surface area contributed by atoms with Crippen molar-refractivity contribution in [2.75, 3.05) is 13.2 Å². The highest BCUT2D eigenvalue weighted by molar-refractivity contribution is 5.13. The van der Waals surface area contributed by atoms with Gasteiger partial charge in [-0.05, 0) is 31.2 Å². The highest BCUT2D eigenvalue weighted by atomic mass is 16.6. The first-order chi connectivity index (χ1) is 11.3. The maximum atomic E-state index is 10.2. The molecule has 0 aliphatic carbocycles. The number of benzene rings is 1. The van der Waals surface area contributed by atoms with Crippen LogP contribution in [0.15, 0.2) is 42.5 Å². The van der Waals surface area contributed by atoms with E-state index in [2.05, 4.69) is 12.1 Å². The normalized spacial score (nSPS) is 30.7. The van der Waals surface area contributed by atoms with Crippen LogP contribution in [0.25, 0.3) is 0 Å². The molecule has 0 bridgehead atoms. The van der Waals surface area contributed by atoms with Gasteiger partial charge in [-0.2, -0.15) is 0 Å². The Hall–Kier alpha value is -1.20. The molecule has 0 spiro atoms. The second-order valence-corrected chi connectivity index (χ2v) is 6.25. The molecule has 23 heavy (non-hydrogen) atoms. The molecule has 0 amide bonds. The van der Waals surface area contributed by atoms with Gasteiger partial charge in [0.25, 0.3) is 0 Å². The number of aliphatic hydroxyl groups excluding tert-OH is 1. The van der Waals surface area contributed by atoms with E-state index in [1.807, 2.05) is 30.4 Å². The third kappa shape index (κ3) is 4.88. The van der Waals surface area contributed by atoms with Gasteiger partial charge in [0.05, 0.1) is 24.9 Å². The van der Waals surface area contributed by atoms with Crippen molar-refractivity contribution in [2.45, 2.75) is 56.7 Å². The topological polar surface area (TPSA) is 47.9 Å². The molecule has 4 nitrogen and oxygen atoms in total. The highest BCUT2D eigenvalue weighted by Crippen LogP contribution is 2.25. The van der Waals surface area contributed by atoms with Crippen LogP contribution in [-0.4, -0.2) is 42.7 Å². The number of aliphatic hydroxyl groups is 1.